The van der Waals surface area contributed by atoms with Gasteiger partial charge in [-0.3, -0.25) is 0 Å². The first-order valence-corrected chi connectivity index (χ1v) is 5.84. The highest BCUT2D eigenvalue weighted by molar-refractivity contribution is 9.10. The molecule has 0 heterocycles. The number of ether oxygens (including phenoxy) is 1. The van der Waals surface area contributed by atoms with Crippen LogP contribution in [-0.4, -0.2) is 6.21 Å². The number of nitrogens with zero attached hydrogens (tertiary/aromatic N) is 1. The SMILES string of the molecule is NN=Cc1ccccc1Oc1ccc(Br)cc1. The summed E-state index contributed by atoms with van der Waals surface area (Å²) >= 11 is 3.38. The predicted molar refractivity (Wildman–Crippen MR) is 72.4 cm³/mol. The summed E-state index contributed by atoms with van der Waals surface area (Å²) in [4.78, 5) is 0. The summed E-state index contributed by atoms with van der Waals surface area (Å²) in [5.41, 5.74) is 0.845. The molecule has 2 rings (SSSR count). The number of para-hydroxylation sites is 1. The average Bonchev–Trinajstić information content (AvgIpc) is 2.35. The highest BCUT2D eigenvalue weighted by Crippen LogP contribution is 2.25. The van der Waals surface area contributed by atoms with Crippen molar-refractivity contribution in [1.29, 1.82) is 0 Å². The lowest BCUT2D eigenvalue weighted by Crippen LogP contribution is -1.92. The Morgan fingerprint density at radius 3 is 2.47 bits per heavy atom. The number of hydrogen-bond donors (Lipinski definition) is 1. The second-order valence-corrected chi connectivity index (χ2v) is 4.29. The van der Waals surface area contributed by atoms with Crippen LogP contribution < -0.4 is 10.6 Å². The van der Waals surface area contributed by atoms with Crippen molar-refractivity contribution < 1.29 is 4.74 Å². The summed E-state index contributed by atoms with van der Waals surface area (Å²) in [5, 5.41) is 3.51. The van der Waals surface area contributed by atoms with Crippen LogP contribution in [0.4, 0.5) is 0 Å². The quantitative estimate of drug-likeness (QED) is 0.534. The van der Waals surface area contributed by atoms with Gasteiger partial charge in [-0.05, 0) is 36.4 Å². The van der Waals surface area contributed by atoms with Crippen molar-refractivity contribution in [1.82, 2.24) is 0 Å². The molecule has 0 spiro atoms. The summed E-state index contributed by atoms with van der Waals surface area (Å²) < 4.78 is 6.76. The molecule has 3 nitrogen and oxygen atoms in total. The Balaban J connectivity index is 2.26. The zero-order valence-corrected chi connectivity index (χ0v) is 10.6. The summed E-state index contributed by atoms with van der Waals surface area (Å²) in [5.74, 6) is 6.65. The first-order chi connectivity index (χ1) is 8.29. The molecule has 0 unspecified atom stereocenters. The van der Waals surface area contributed by atoms with Gasteiger partial charge in [0.25, 0.3) is 0 Å². The first kappa shape index (κ1) is 11.7. The van der Waals surface area contributed by atoms with Gasteiger partial charge in [-0.2, -0.15) is 5.10 Å². The minimum atomic E-state index is 0.726. The van der Waals surface area contributed by atoms with E-state index in [-0.39, 0.29) is 0 Å². The van der Waals surface area contributed by atoms with E-state index >= 15 is 0 Å². The third kappa shape index (κ3) is 3.07. The van der Waals surface area contributed by atoms with Crippen molar-refractivity contribution in [3.05, 3.63) is 58.6 Å². The molecule has 0 aromatic heterocycles. The van der Waals surface area contributed by atoms with Crippen LogP contribution in [0.5, 0.6) is 11.5 Å². The number of benzene rings is 2. The highest BCUT2D eigenvalue weighted by Gasteiger charge is 2.02. The molecule has 4 heteroatoms. The van der Waals surface area contributed by atoms with Crippen LogP contribution in [0.15, 0.2) is 58.1 Å². The summed E-state index contributed by atoms with van der Waals surface area (Å²) in [6, 6.07) is 15.2. The summed E-state index contributed by atoms with van der Waals surface area (Å²) in [7, 11) is 0. The minimum absolute atomic E-state index is 0.726. The van der Waals surface area contributed by atoms with Crippen molar-refractivity contribution in [3.8, 4) is 11.5 Å². The van der Waals surface area contributed by atoms with Crippen molar-refractivity contribution >= 4 is 22.1 Å². The van der Waals surface area contributed by atoms with E-state index in [9.17, 15) is 0 Å². The van der Waals surface area contributed by atoms with Gasteiger partial charge in [0.05, 0.1) is 6.21 Å². The van der Waals surface area contributed by atoms with E-state index in [2.05, 4.69) is 21.0 Å². The maximum absolute atomic E-state index is 5.75. The Morgan fingerprint density at radius 1 is 1.06 bits per heavy atom. The van der Waals surface area contributed by atoms with E-state index in [1.807, 2.05) is 48.5 Å². The van der Waals surface area contributed by atoms with Crippen molar-refractivity contribution in [2.75, 3.05) is 0 Å². The Bertz CT molecular complexity index is 523. The molecule has 17 heavy (non-hydrogen) atoms. The Morgan fingerprint density at radius 2 is 1.76 bits per heavy atom. The molecular formula is C13H11BrN2O. The lowest BCUT2D eigenvalue weighted by atomic mass is 10.2. The van der Waals surface area contributed by atoms with Crippen LogP contribution in [0.1, 0.15) is 5.56 Å². The molecular weight excluding hydrogens is 280 g/mol. The van der Waals surface area contributed by atoms with Gasteiger partial charge in [-0.25, -0.2) is 0 Å². The fourth-order valence-electron chi connectivity index (χ4n) is 1.39. The van der Waals surface area contributed by atoms with E-state index in [0.29, 0.717) is 0 Å². The van der Waals surface area contributed by atoms with E-state index in [1.165, 1.54) is 0 Å². The number of hydrogen-bond acceptors (Lipinski definition) is 3. The molecule has 2 N–H and O–H groups in total. The van der Waals surface area contributed by atoms with Gasteiger partial charge in [0, 0.05) is 10.0 Å². The summed E-state index contributed by atoms with van der Waals surface area (Å²) in [6.45, 7) is 0. The second kappa shape index (κ2) is 5.50. The fourth-order valence-corrected chi connectivity index (χ4v) is 1.65. The molecule has 0 aliphatic rings. The predicted octanol–water partition coefficient (Wildman–Crippen LogP) is 3.53. The molecule has 0 atom stereocenters. The van der Waals surface area contributed by atoms with Gasteiger partial charge in [0.1, 0.15) is 11.5 Å². The molecule has 0 bridgehead atoms. The van der Waals surface area contributed by atoms with E-state index in [1.54, 1.807) is 6.21 Å². The van der Waals surface area contributed by atoms with Crippen LogP contribution in [0.2, 0.25) is 0 Å². The minimum Gasteiger partial charge on any atom is -0.457 e. The van der Waals surface area contributed by atoms with E-state index < -0.39 is 0 Å². The third-order valence-electron chi connectivity index (χ3n) is 2.17. The van der Waals surface area contributed by atoms with Crippen LogP contribution in [0.25, 0.3) is 0 Å². The monoisotopic (exact) mass is 290 g/mol. The van der Waals surface area contributed by atoms with Gasteiger partial charge in [0.2, 0.25) is 0 Å². The molecule has 0 aliphatic heterocycles. The smallest absolute Gasteiger partial charge is 0.136 e. The Kier molecular flexibility index (Phi) is 3.77. The van der Waals surface area contributed by atoms with Crippen molar-refractivity contribution in [3.63, 3.8) is 0 Å². The van der Waals surface area contributed by atoms with E-state index in [0.717, 1.165) is 21.5 Å². The number of halogens is 1. The maximum atomic E-state index is 5.75. The number of nitrogens with two attached hydrogens (primary N) is 1. The Labute approximate surface area is 108 Å². The maximum Gasteiger partial charge on any atom is 0.136 e. The number of hydrazone groups is 1. The fraction of sp³-hybridized carbons (Fsp3) is 0. The van der Waals surface area contributed by atoms with Gasteiger partial charge in [0.15, 0.2) is 0 Å². The molecule has 0 amide bonds. The lowest BCUT2D eigenvalue weighted by molar-refractivity contribution is 0.482. The molecule has 0 saturated heterocycles. The van der Waals surface area contributed by atoms with Crippen LogP contribution in [-0.2, 0) is 0 Å². The molecule has 2 aromatic rings. The van der Waals surface area contributed by atoms with Crippen LogP contribution >= 0.6 is 15.9 Å². The molecule has 0 aliphatic carbocycles. The molecule has 86 valence electrons. The standard InChI is InChI=1S/C13H11BrN2O/c14-11-5-7-12(8-6-11)17-13-4-2-1-3-10(13)9-16-15/h1-9H,15H2. The van der Waals surface area contributed by atoms with Gasteiger partial charge in [-0.1, -0.05) is 28.1 Å². The molecule has 2 aromatic carbocycles. The van der Waals surface area contributed by atoms with E-state index in [4.69, 9.17) is 10.6 Å². The molecule has 0 fully saturated rings. The number of rotatable bonds is 3. The largest absolute Gasteiger partial charge is 0.457 e. The zero-order valence-electron chi connectivity index (χ0n) is 9.01. The second-order valence-electron chi connectivity index (χ2n) is 3.37. The molecule has 0 saturated carbocycles. The van der Waals surface area contributed by atoms with Gasteiger partial charge in [-0.15, -0.1) is 0 Å². The van der Waals surface area contributed by atoms with Crippen LogP contribution in [0, 0.1) is 0 Å². The lowest BCUT2D eigenvalue weighted by Gasteiger charge is -2.08. The first-order valence-electron chi connectivity index (χ1n) is 5.05. The Hall–Kier alpha value is -1.81. The third-order valence-corrected chi connectivity index (χ3v) is 2.70. The topological polar surface area (TPSA) is 47.6 Å². The van der Waals surface area contributed by atoms with Gasteiger partial charge < -0.3 is 10.6 Å². The normalized spacial score (nSPS) is 10.6. The van der Waals surface area contributed by atoms with Crippen LogP contribution in [0.3, 0.4) is 0 Å². The van der Waals surface area contributed by atoms with Gasteiger partial charge >= 0.3 is 0 Å². The zero-order chi connectivity index (χ0) is 12.1. The summed E-state index contributed by atoms with van der Waals surface area (Å²) in [6.07, 6.45) is 1.56. The molecule has 0 radical (unpaired) electrons. The van der Waals surface area contributed by atoms with Crippen molar-refractivity contribution in [2.24, 2.45) is 10.9 Å². The average molecular weight is 291 g/mol. The highest BCUT2D eigenvalue weighted by atomic mass is 79.9. The van der Waals surface area contributed by atoms with Crippen molar-refractivity contribution in [2.45, 2.75) is 0 Å².